The van der Waals surface area contributed by atoms with Crippen molar-refractivity contribution in [2.75, 3.05) is 5.32 Å². The Kier molecular flexibility index (Phi) is 4.29. The summed E-state index contributed by atoms with van der Waals surface area (Å²) >= 11 is 2.25. The Morgan fingerprint density at radius 1 is 1.50 bits per heavy atom. The van der Waals surface area contributed by atoms with E-state index in [1.165, 1.54) is 6.33 Å². The SMILES string of the molecule is Cc1c(I)cccc1NC(=O)CCn1cncn1. The second-order valence-corrected chi connectivity index (χ2v) is 5.03. The van der Waals surface area contributed by atoms with Gasteiger partial charge >= 0.3 is 0 Å². The summed E-state index contributed by atoms with van der Waals surface area (Å²) in [7, 11) is 0. The summed E-state index contributed by atoms with van der Waals surface area (Å²) in [5, 5.41) is 6.86. The standard InChI is InChI=1S/C12H13IN4O/c1-9-10(13)3-2-4-11(9)16-12(18)5-6-17-8-14-7-15-17/h2-4,7-8H,5-6H2,1H3,(H,16,18). The zero-order chi connectivity index (χ0) is 13.0. The summed E-state index contributed by atoms with van der Waals surface area (Å²) in [5.74, 6) is -0.0180. The van der Waals surface area contributed by atoms with Crippen LogP contribution in [0.2, 0.25) is 0 Å². The number of aryl methyl sites for hydroxylation is 1. The van der Waals surface area contributed by atoms with Crippen LogP contribution in [-0.2, 0) is 11.3 Å². The maximum absolute atomic E-state index is 11.8. The summed E-state index contributed by atoms with van der Waals surface area (Å²) in [4.78, 5) is 15.6. The molecule has 0 unspecified atom stereocenters. The molecule has 1 amide bonds. The van der Waals surface area contributed by atoms with Crippen molar-refractivity contribution in [1.82, 2.24) is 14.8 Å². The van der Waals surface area contributed by atoms with Crippen LogP contribution in [0.1, 0.15) is 12.0 Å². The number of carbonyl (C=O) groups is 1. The van der Waals surface area contributed by atoms with Gasteiger partial charge in [0.05, 0.1) is 6.54 Å². The fraction of sp³-hybridized carbons (Fsp3) is 0.250. The number of aromatic nitrogens is 3. The van der Waals surface area contributed by atoms with E-state index in [0.29, 0.717) is 13.0 Å². The lowest BCUT2D eigenvalue weighted by Gasteiger charge is -2.09. The lowest BCUT2D eigenvalue weighted by molar-refractivity contribution is -0.116. The highest BCUT2D eigenvalue weighted by atomic mass is 127. The van der Waals surface area contributed by atoms with Gasteiger partial charge in [-0.3, -0.25) is 9.48 Å². The highest BCUT2D eigenvalue weighted by Crippen LogP contribution is 2.20. The third-order valence-electron chi connectivity index (χ3n) is 2.58. The first-order valence-corrected chi connectivity index (χ1v) is 6.62. The van der Waals surface area contributed by atoms with Gasteiger partial charge in [0.1, 0.15) is 12.7 Å². The number of nitrogens with zero attached hydrogens (tertiary/aromatic N) is 3. The topological polar surface area (TPSA) is 59.8 Å². The van der Waals surface area contributed by atoms with E-state index in [1.807, 2.05) is 25.1 Å². The lowest BCUT2D eigenvalue weighted by Crippen LogP contribution is -2.15. The molecule has 0 radical (unpaired) electrons. The number of benzene rings is 1. The number of halogens is 1. The molecule has 0 atom stereocenters. The van der Waals surface area contributed by atoms with Crippen LogP contribution in [0.5, 0.6) is 0 Å². The molecule has 0 saturated carbocycles. The van der Waals surface area contributed by atoms with Crippen molar-refractivity contribution >= 4 is 34.2 Å². The van der Waals surface area contributed by atoms with E-state index in [9.17, 15) is 4.79 Å². The van der Waals surface area contributed by atoms with Crippen LogP contribution < -0.4 is 5.32 Å². The molecule has 0 aliphatic carbocycles. The molecular formula is C12H13IN4O. The van der Waals surface area contributed by atoms with E-state index < -0.39 is 0 Å². The summed E-state index contributed by atoms with van der Waals surface area (Å²) in [6.07, 6.45) is 3.44. The van der Waals surface area contributed by atoms with E-state index in [-0.39, 0.29) is 5.91 Å². The molecule has 0 aliphatic heterocycles. The number of anilines is 1. The van der Waals surface area contributed by atoms with Crippen LogP contribution in [0.25, 0.3) is 0 Å². The van der Waals surface area contributed by atoms with Gasteiger partial charge < -0.3 is 5.32 Å². The van der Waals surface area contributed by atoms with Crippen LogP contribution in [0, 0.1) is 10.5 Å². The van der Waals surface area contributed by atoms with Gasteiger partial charge in [0.2, 0.25) is 5.91 Å². The Labute approximate surface area is 119 Å². The quantitative estimate of drug-likeness (QED) is 0.855. The van der Waals surface area contributed by atoms with Gasteiger partial charge in [0.15, 0.2) is 0 Å². The largest absolute Gasteiger partial charge is 0.326 e. The second-order valence-electron chi connectivity index (χ2n) is 3.87. The van der Waals surface area contributed by atoms with Crippen LogP contribution in [0.3, 0.4) is 0 Å². The monoisotopic (exact) mass is 356 g/mol. The van der Waals surface area contributed by atoms with Gasteiger partial charge in [-0.15, -0.1) is 0 Å². The molecule has 2 rings (SSSR count). The predicted octanol–water partition coefficient (Wildman–Crippen LogP) is 2.22. The number of hydrogen-bond acceptors (Lipinski definition) is 3. The average molecular weight is 356 g/mol. The molecule has 1 aromatic carbocycles. The number of nitrogens with one attached hydrogen (secondary N) is 1. The molecule has 1 N–H and O–H groups in total. The molecule has 1 heterocycles. The third kappa shape index (κ3) is 3.28. The first kappa shape index (κ1) is 13.0. The number of rotatable bonds is 4. The molecule has 0 aliphatic rings. The molecular weight excluding hydrogens is 343 g/mol. The van der Waals surface area contributed by atoms with Gasteiger partial charge in [0, 0.05) is 15.7 Å². The molecule has 6 heteroatoms. The molecule has 1 aromatic heterocycles. The minimum absolute atomic E-state index is 0.0180. The molecule has 18 heavy (non-hydrogen) atoms. The highest BCUT2D eigenvalue weighted by Gasteiger charge is 2.06. The van der Waals surface area contributed by atoms with Crippen molar-refractivity contribution in [2.24, 2.45) is 0 Å². The van der Waals surface area contributed by atoms with Crippen molar-refractivity contribution in [3.63, 3.8) is 0 Å². The number of carbonyl (C=O) groups excluding carboxylic acids is 1. The van der Waals surface area contributed by atoms with Crippen molar-refractivity contribution in [3.05, 3.63) is 40.0 Å². The molecule has 2 aromatic rings. The lowest BCUT2D eigenvalue weighted by atomic mass is 10.2. The zero-order valence-corrected chi connectivity index (χ0v) is 12.1. The normalized spacial score (nSPS) is 10.3. The van der Waals surface area contributed by atoms with E-state index in [0.717, 1.165) is 14.8 Å². The Bertz CT molecular complexity index is 539. The van der Waals surface area contributed by atoms with Gasteiger partial charge in [-0.1, -0.05) is 6.07 Å². The summed E-state index contributed by atoms with van der Waals surface area (Å²) in [6.45, 7) is 2.53. The molecule has 0 spiro atoms. The Hall–Kier alpha value is -1.44. The fourth-order valence-corrected chi connectivity index (χ4v) is 2.02. The highest BCUT2D eigenvalue weighted by molar-refractivity contribution is 14.1. The average Bonchev–Trinajstić information content (AvgIpc) is 2.86. The Morgan fingerprint density at radius 2 is 2.33 bits per heavy atom. The van der Waals surface area contributed by atoms with Crippen molar-refractivity contribution in [2.45, 2.75) is 19.9 Å². The maximum Gasteiger partial charge on any atom is 0.226 e. The van der Waals surface area contributed by atoms with Crippen LogP contribution >= 0.6 is 22.6 Å². The Balaban J connectivity index is 1.93. The summed E-state index contributed by atoms with van der Waals surface area (Å²) in [5.41, 5.74) is 1.96. The fourth-order valence-electron chi connectivity index (χ4n) is 1.52. The van der Waals surface area contributed by atoms with Crippen molar-refractivity contribution in [1.29, 1.82) is 0 Å². The number of amides is 1. The van der Waals surface area contributed by atoms with Crippen LogP contribution in [0.15, 0.2) is 30.9 Å². The predicted molar refractivity (Wildman–Crippen MR) is 77.2 cm³/mol. The van der Waals surface area contributed by atoms with Crippen molar-refractivity contribution < 1.29 is 4.79 Å². The third-order valence-corrected chi connectivity index (χ3v) is 3.74. The molecule has 0 fully saturated rings. The summed E-state index contributed by atoms with van der Waals surface area (Å²) in [6, 6.07) is 5.85. The maximum atomic E-state index is 11.8. The van der Waals surface area contributed by atoms with Gasteiger partial charge in [0.25, 0.3) is 0 Å². The van der Waals surface area contributed by atoms with Gasteiger partial charge in [-0.2, -0.15) is 5.10 Å². The molecule has 5 nitrogen and oxygen atoms in total. The first-order valence-electron chi connectivity index (χ1n) is 5.54. The van der Waals surface area contributed by atoms with E-state index in [1.54, 1.807) is 11.0 Å². The molecule has 0 saturated heterocycles. The molecule has 0 bridgehead atoms. The smallest absolute Gasteiger partial charge is 0.226 e. The van der Waals surface area contributed by atoms with E-state index in [2.05, 4.69) is 38.0 Å². The van der Waals surface area contributed by atoms with E-state index in [4.69, 9.17) is 0 Å². The molecule has 94 valence electrons. The summed E-state index contributed by atoms with van der Waals surface area (Å²) < 4.78 is 2.78. The van der Waals surface area contributed by atoms with E-state index >= 15 is 0 Å². The zero-order valence-electron chi connectivity index (χ0n) is 9.93. The van der Waals surface area contributed by atoms with Crippen molar-refractivity contribution in [3.8, 4) is 0 Å². The number of hydrogen-bond donors (Lipinski definition) is 1. The second kappa shape index (κ2) is 5.94. The van der Waals surface area contributed by atoms with Crippen LogP contribution in [0.4, 0.5) is 5.69 Å². The Morgan fingerprint density at radius 3 is 3.06 bits per heavy atom. The minimum atomic E-state index is -0.0180. The first-order chi connectivity index (χ1) is 8.66. The van der Waals surface area contributed by atoms with Gasteiger partial charge in [-0.05, 0) is 47.2 Å². The van der Waals surface area contributed by atoms with Gasteiger partial charge in [-0.25, -0.2) is 4.98 Å². The van der Waals surface area contributed by atoms with Crippen LogP contribution in [-0.4, -0.2) is 20.7 Å². The minimum Gasteiger partial charge on any atom is -0.326 e.